The normalized spacial score (nSPS) is 16.1. The van der Waals surface area contributed by atoms with Crippen molar-refractivity contribution in [3.63, 3.8) is 0 Å². The van der Waals surface area contributed by atoms with E-state index in [1.807, 2.05) is 66.9 Å². The first-order valence-corrected chi connectivity index (χ1v) is 15.0. The lowest BCUT2D eigenvalue weighted by molar-refractivity contribution is -0.262. The highest BCUT2D eigenvalue weighted by molar-refractivity contribution is 5.72. The zero-order chi connectivity index (χ0) is 30.7. The van der Waals surface area contributed by atoms with Gasteiger partial charge in [0.15, 0.2) is 11.4 Å². The molecule has 2 aromatic heterocycles. The van der Waals surface area contributed by atoms with E-state index in [0.717, 1.165) is 28.9 Å². The smallest absolute Gasteiger partial charge is 0.226 e. The summed E-state index contributed by atoms with van der Waals surface area (Å²) in [5.74, 6) is 1.42. The zero-order valence-corrected chi connectivity index (χ0v) is 25.6. The number of rotatable bonds is 10. The summed E-state index contributed by atoms with van der Waals surface area (Å²) in [6.45, 7) is 7.42. The summed E-state index contributed by atoms with van der Waals surface area (Å²) in [5, 5.41) is 14.4. The largest absolute Gasteiger partial charge is 0.497 e. The van der Waals surface area contributed by atoms with Crippen molar-refractivity contribution < 1.29 is 19.3 Å². The molecule has 0 aliphatic carbocycles. The molecule has 0 spiro atoms. The minimum atomic E-state index is -0.829. The van der Waals surface area contributed by atoms with Crippen LogP contribution >= 0.6 is 0 Å². The van der Waals surface area contributed by atoms with Gasteiger partial charge < -0.3 is 29.2 Å². The van der Waals surface area contributed by atoms with E-state index in [-0.39, 0.29) is 5.92 Å². The number of fused-ring (bicyclic) bond motifs is 1. The average Bonchev–Trinajstić information content (AvgIpc) is 3.42. The first-order chi connectivity index (χ1) is 21.3. The molecule has 44 heavy (non-hydrogen) atoms. The number of benzene rings is 3. The standard InChI is InChI=1S/C35H39N5O4/c1-24(41)31-37-30-21-36-33(38-32(30)40(31)20-19-25-22-43-34(2,3)44-23-25)39-35(26-11-7-5-8-12-26,27-13-9-6-10-14-27)28-15-17-29(42-4)18-16-28/h5-18,21,24-25,41H,19-20,22-23H2,1-4H3,(H,36,38,39). The summed E-state index contributed by atoms with van der Waals surface area (Å²) in [6.07, 6.45) is 1.74. The number of methoxy groups -OCH3 is 1. The predicted octanol–water partition coefficient (Wildman–Crippen LogP) is 6.08. The van der Waals surface area contributed by atoms with E-state index >= 15 is 0 Å². The number of imidazole rings is 1. The van der Waals surface area contributed by atoms with Crippen molar-refractivity contribution in [2.75, 3.05) is 25.6 Å². The molecule has 9 nitrogen and oxygen atoms in total. The topological polar surface area (TPSA) is 104 Å². The van der Waals surface area contributed by atoms with Crippen molar-refractivity contribution in [3.8, 4) is 5.75 Å². The fourth-order valence-electron chi connectivity index (χ4n) is 5.84. The number of aliphatic hydroxyl groups excluding tert-OH is 1. The van der Waals surface area contributed by atoms with Crippen LogP contribution in [-0.4, -0.2) is 50.7 Å². The molecule has 1 atom stereocenters. The van der Waals surface area contributed by atoms with Gasteiger partial charge in [-0.3, -0.25) is 0 Å². The molecule has 1 unspecified atom stereocenters. The Hall–Kier alpha value is -4.31. The molecular weight excluding hydrogens is 554 g/mol. The highest BCUT2D eigenvalue weighted by Crippen LogP contribution is 2.40. The number of aliphatic hydroxyl groups is 1. The van der Waals surface area contributed by atoms with E-state index in [1.54, 1.807) is 20.2 Å². The quantitative estimate of drug-likeness (QED) is 0.188. The summed E-state index contributed by atoms with van der Waals surface area (Å²) in [6, 6.07) is 28.6. The molecule has 6 rings (SSSR count). The molecule has 3 heterocycles. The van der Waals surface area contributed by atoms with Crippen molar-refractivity contribution in [2.45, 2.75) is 51.2 Å². The molecule has 5 aromatic rings. The van der Waals surface area contributed by atoms with Crippen LogP contribution in [0.4, 0.5) is 5.95 Å². The van der Waals surface area contributed by atoms with Gasteiger partial charge in [0.2, 0.25) is 5.95 Å². The maximum Gasteiger partial charge on any atom is 0.226 e. The molecule has 3 aromatic carbocycles. The number of ether oxygens (including phenoxy) is 3. The molecule has 1 aliphatic heterocycles. The number of hydrogen-bond acceptors (Lipinski definition) is 8. The van der Waals surface area contributed by atoms with E-state index in [2.05, 4.69) is 41.7 Å². The summed E-state index contributed by atoms with van der Waals surface area (Å²) < 4.78 is 19.2. The fourth-order valence-corrected chi connectivity index (χ4v) is 5.84. The van der Waals surface area contributed by atoms with E-state index in [4.69, 9.17) is 29.2 Å². The summed E-state index contributed by atoms with van der Waals surface area (Å²) in [5.41, 5.74) is 3.50. The lowest BCUT2D eigenvalue weighted by Crippen LogP contribution is -2.39. The molecule has 9 heteroatoms. The Labute approximate surface area is 257 Å². The molecule has 0 bridgehead atoms. The highest BCUT2D eigenvalue weighted by atomic mass is 16.7. The summed E-state index contributed by atoms with van der Waals surface area (Å²) in [7, 11) is 1.66. The lowest BCUT2D eigenvalue weighted by Gasteiger charge is -2.37. The van der Waals surface area contributed by atoms with Crippen molar-refractivity contribution in [3.05, 3.63) is 114 Å². The van der Waals surface area contributed by atoms with Crippen LogP contribution in [0.25, 0.3) is 11.2 Å². The Morgan fingerprint density at radius 2 is 1.52 bits per heavy atom. The third kappa shape index (κ3) is 5.91. The van der Waals surface area contributed by atoms with Gasteiger partial charge in [0.25, 0.3) is 0 Å². The fraction of sp³-hybridized carbons (Fsp3) is 0.343. The van der Waals surface area contributed by atoms with Gasteiger partial charge in [-0.15, -0.1) is 0 Å². The Morgan fingerprint density at radius 1 is 0.932 bits per heavy atom. The van der Waals surface area contributed by atoms with Gasteiger partial charge in [0.1, 0.15) is 28.7 Å². The Morgan fingerprint density at radius 3 is 2.09 bits per heavy atom. The van der Waals surface area contributed by atoms with Crippen LogP contribution in [0.5, 0.6) is 5.75 Å². The number of hydrogen-bond donors (Lipinski definition) is 2. The molecule has 1 aliphatic rings. The number of aromatic nitrogens is 4. The molecular formula is C35H39N5O4. The SMILES string of the molecule is COc1ccc(C(Nc2ncc3nc(C(C)O)n(CCC4COC(C)(C)OC4)c3n2)(c2ccccc2)c2ccccc2)cc1. The average molecular weight is 594 g/mol. The molecule has 1 saturated heterocycles. The van der Waals surface area contributed by atoms with Crippen molar-refractivity contribution >= 4 is 17.1 Å². The summed E-state index contributed by atoms with van der Waals surface area (Å²) in [4.78, 5) is 14.5. The summed E-state index contributed by atoms with van der Waals surface area (Å²) >= 11 is 0. The van der Waals surface area contributed by atoms with Gasteiger partial charge in [0.05, 0.1) is 26.5 Å². The van der Waals surface area contributed by atoms with Gasteiger partial charge >= 0.3 is 0 Å². The van der Waals surface area contributed by atoms with Crippen LogP contribution in [0.1, 0.15) is 55.8 Å². The highest BCUT2D eigenvalue weighted by Gasteiger charge is 2.37. The maximum atomic E-state index is 10.6. The number of aryl methyl sites for hydroxylation is 1. The first-order valence-electron chi connectivity index (χ1n) is 15.0. The van der Waals surface area contributed by atoms with Gasteiger partial charge in [-0.2, -0.15) is 4.98 Å². The first kappa shape index (κ1) is 29.7. The van der Waals surface area contributed by atoms with Crippen LogP contribution < -0.4 is 10.1 Å². The van der Waals surface area contributed by atoms with Crippen molar-refractivity contribution in [1.29, 1.82) is 0 Å². The van der Waals surface area contributed by atoms with E-state index in [9.17, 15) is 5.11 Å². The van der Waals surface area contributed by atoms with Gasteiger partial charge in [-0.25, -0.2) is 9.97 Å². The molecule has 0 saturated carbocycles. The number of anilines is 1. The van der Waals surface area contributed by atoms with Crippen molar-refractivity contribution in [1.82, 2.24) is 19.5 Å². The number of nitrogens with one attached hydrogen (secondary N) is 1. The van der Waals surface area contributed by atoms with Crippen LogP contribution in [0.3, 0.4) is 0 Å². The van der Waals surface area contributed by atoms with Gasteiger partial charge in [-0.1, -0.05) is 72.8 Å². The molecule has 228 valence electrons. The minimum Gasteiger partial charge on any atom is -0.497 e. The second-order valence-corrected chi connectivity index (χ2v) is 11.7. The zero-order valence-electron chi connectivity index (χ0n) is 25.6. The van der Waals surface area contributed by atoms with Crippen LogP contribution in [-0.2, 0) is 21.6 Å². The van der Waals surface area contributed by atoms with E-state index < -0.39 is 17.4 Å². The van der Waals surface area contributed by atoms with Crippen LogP contribution in [0.15, 0.2) is 91.1 Å². The van der Waals surface area contributed by atoms with Crippen LogP contribution in [0, 0.1) is 5.92 Å². The van der Waals surface area contributed by atoms with Gasteiger partial charge in [0, 0.05) is 12.5 Å². The maximum absolute atomic E-state index is 10.6. The third-order valence-corrected chi connectivity index (χ3v) is 8.22. The second kappa shape index (κ2) is 12.4. The van der Waals surface area contributed by atoms with Crippen LogP contribution in [0.2, 0.25) is 0 Å². The number of nitrogens with zero attached hydrogens (tertiary/aromatic N) is 4. The molecule has 1 fully saturated rings. The third-order valence-electron chi connectivity index (χ3n) is 8.22. The van der Waals surface area contributed by atoms with Gasteiger partial charge in [-0.05, 0) is 56.0 Å². The lowest BCUT2D eigenvalue weighted by atomic mass is 9.77. The Bertz CT molecular complexity index is 1640. The Kier molecular flexibility index (Phi) is 8.35. The predicted molar refractivity (Wildman–Crippen MR) is 169 cm³/mol. The Balaban J connectivity index is 1.44. The van der Waals surface area contributed by atoms with Crippen molar-refractivity contribution in [2.24, 2.45) is 5.92 Å². The molecule has 0 radical (unpaired) electrons. The minimum absolute atomic E-state index is 0.223. The van der Waals surface area contributed by atoms with E-state index in [0.29, 0.717) is 42.7 Å². The second-order valence-electron chi connectivity index (χ2n) is 11.7. The molecule has 2 N–H and O–H groups in total. The monoisotopic (exact) mass is 593 g/mol. The molecule has 0 amide bonds. The van der Waals surface area contributed by atoms with E-state index in [1.165, 1.54) is 0 Å².